The van der Waals surface area contributed by atoms with E-state index in [0.717, 1.165) is 24.1 Å². The molecule has 0 unspecified atom stereocenters. The highest BCUT2D eigenvalue weighted by atomic mass is 19.4. The summed E-state index contributed by atoms with van der Waals surface area (Å²) in [4.78, 5) is 18.8. The smallest absolute Gasteiger partial charge is 0.416 e. The van der Waals surface area contributed by atoms with Crippen molar-refractivity contribution in [3.8, 4) is 11.6 Å². The first-order valence-corrected chi connectivity index (χ1v) is 9.24. The minimum absolute atomic E-state index is 0.0333. The fourth-order valence-electron chi connectivity index (χ4n) is 3.39. The minimum Gasteiger partial charge on any atom is -0.435 e. The molecule has 0 saturated heterocycles. The van der Waals surface area contributed by atoms with E-state index in [-0.39, 0.29) is 11.4 Å². The topological polar surface area (TPSA) is 42.4 Å². The van der Waals surface area contributed by atoms with E-state index >= 15 is 0 Å². The Morgan fingerprint density at radius 2 is 1.87 bits per heavy atom. The van der Waals surface area contributed by atoms with Gasteiger partial charge in [0.25, 0.3) is 5.91 Å². The predicted octanol–water partition coefficient (Wildman–Crippen LogP) is 5.62. The number of nitrogens with zero attached hydrogens (tertiary/aromatic N) is 2. The molecule has 2 aromatic carbocycles. The van der Waals surface area contributed by atoms with Crippen LogP contribution in [0.1, 0.15) is 27.9 Å². The van der Waals surface area contributed by atoms with E-state index in [4.69, 9.17) is 4.74 Å². The van der Waals surface area contributed by atoms with Crippen molar-refractivity contribution < 1.29 is 27.1 Å². The monoisotopic (exact) mass is 416 g/mol. The number of fused-ring (bicyclic) bond motifs is 1. The van der Waals surface area contributed by atoms with Crippen molar-refractivity contribution in [2.45, 2.75) is 19.0 Å². The molecule has 3 aromatic rings. The van der Waals surface area contributed by atoms with Crippen molar-refractivity contribution in [3.63, 3.8) is 0 Å². The van der Waals surface area contributed by atoms with Crippen LogP contribution in [-0.2, 0) is 12.6 Å². The maximum atomic E-state index is 14.1. The van der Waals surface area contributed by atoms with Crippen LogP contribution in [-0.4, -0.2) is 17.4 Å². The second kappa shape index (κ2) is 7.78. The van der Waals surface area contributed by atoms with Gasteiger partial charge in [0.15, 0.2) is 11.6 Å². The molecule has 4 rings (SSSR count). The molecule has 8 heteroatoms. The third-order valence-electron chi connectivity index (χ3n) is 4.82. The molecule has 0 aliphatic carbocycles. The van der Waals surface area contributed by atoms with Crippen molar-refractivity contribution in [2.75, 3.05) is 11.4 Å². The number of rotatable bonds is 3. The third kappa shape index (κ3) is 3.85. The molecular weight excluding hydrogens is 400 g/mol. The molecule has 1 amide bonds. The summed E-state index contributed by atoms with van der Waals surface area (Å²) in [6.07, 6.45) is -1.73. The van der Waals surface area contributed by atoms with Gasteiger partial charge in [-0.1, -0.05) is 18.2 Å². The lowest BCUT2D eigenvalue weighted by Gasteiger charge is -2.29. The maximum absolute atomic E-state index is 14.1. The number of carbonyl (C=O) groups is 1. The van der Waals surface area contributed by atoms with E-state index in [1.165, 1.54) is 18.3 Å². The lowest BCUT2D eigenvalue weighted by molar-refractivity contribution is -0.137. The quantitative estimate of drug-likeness (QED) is 0.520. The number of benzene rings is 2. The molecule has 0 spiro atoms. The molecule has 1 aliphatic heterocycles. The van der Waals surface area contributed by atoms with Gasteiger partial charge in [-0.2, -0.15) is 13.2 Å². The number of hydrogen-bond donors (Lipinski definition) is 0. The number of aryl methyl sites for hydroxylation is 1. The van der Waals surface area contributed by atoms with E-state index in [1.54, 1.807) is 4.90 Å². The second-order valence-corrected chi connectivity index (χ2v) is 6.79. The molecule has 0 fully saturated rings. The van der Waals surface area contributed by atoms with Gasteiger partial charge >= 0.3 is 6.18 Å². The van der Waals surface area contributed by atoms with Gasteiger partial charge in [0, 0.05) is 18.4 Å². The van der Waals surface area contributed by atoms with Crippen LogP contribution < -0.4 is 9.64 Å². The Labute approximate surface area is 169 Å². The summed E-state index contributed by atoms with van der Waals surface area (Å²) >= 11 is 0. The summed E-state index contributed by atoms with van der Waals surface area (Å²) in [5.41, 5.74) is 0.750. The maximum Gasteiger partial charge on any atom is 0.416 e. The first-order valence-electron chi connectivity index (χ1n) is 9.24. The number of pyridine rings is 1. The molecule has 154 valence electrons. The molecule has 1 aromatic heterocycles. The Kier molecular flexibility index (Phi) is 5.15. The molecular formula is C22H16F4N2O2. The highest BCUT2D eigenvalue weighted by molar-refractivity contribution is 6.08. The molecule has 0 radical (unpaired) electrons. The normalized spacial score (nSPS) is 13.7. The molecule has 1 aliphatic rings. The van der Waals surface area contributed by atoms with Crippen LogP contribution in [0.3, 0.4) is 0 Å². The Morgan fingerprint density at radius 1 is 1.07 bits per heavy atom. The van der Waals surface area contributed by atoms with Gasteiger partial charge in [-0.3, -0.25) is 4.79 Å². The van der Waals surface area contributed by atoms with Gasteiger partial charge in [-0.25, -0.2) is 9.37 Å². The lowest BCUT2D eigenvalue weighted by Crippen LogP contribution is -2.35. The zero-order valence-corrected chi connectivity index (χ0v) is 15.6. The van der Waals surface area contributed by atoms with Crippen LogP contribution in [0.25, 0.3) is 0 Å². The number of carbonyl (C=O) groups excluding carboxylic acids is 1. The first kappa shape index (κ1) is 19.9. The van der Waals surface area contributed by atoms with Crippen molar-refractivity contribution in [2.24, 2.45) is 0 Å². The van der Waals surface area contributed by atoms with Crippen LogP contribution in [0.4, 0.5) is 23.2 Å². The Hall–Kier alpha value is -3.42. The largest absolute Gasteiger partial charge is 0.435 e. The van der Waals surface area contributed by atoms with Crippen LogP contribution in [0.2, 0.25) is 0 Å². The molecule has 0 N–H and O–H groups in total. The number of anilines is 1. The number of aromatic nitrogens is 1. The summed E-state index contributed by atoms with van der Waals surface area (Å²) in [7, 11) is 0. The van der Waals surface area contributed by atoms with E-state index in [0.29, 0.717) is 24.7 Å². The number of hydrogen-bond acceptors (Lipinski definition) is 3. The Bertz CT molecular complexity index is 1100. The summed E-state index contributed by atoms with van der Waals surface area (Å²) in [5.74, 6) is -2.33. The molecule has 4 nitrogen and oxygen atoms in total. The summed E-state index contributed by atoms with van der Waals surface area (Å²) in [6, 6.07) is 12.3. The highest BCUT2D eigenvalue weighted by Gasteiger charge is 2.32. The molecule has 0 saturated carbocycles. The van der Waals surface area contributed by atoms with Gasteiger partial charge in [0.05, 0.1) is 5.56 Å². The summed E-state index contributed by atoms with van der Waals surface area (Å²) in [6.45, 7) is 0.474. The van der Waals surface area contributed by atoms with Crippen LogP contribution in [0.15, 0.2) is 60.8 Å². The highest BCUT2D eigenvalue weighted by Crippen LogP contribution is 2.35. The molecule has 2 heterocycles. The van der Waals surface area contributed by atoms with Crippen molar-refractivity contribution in [1.29, 1.82) is 0 Å². The number of halogens is 4. The standard InChI is InChI=1S/C22H16F4N2O2/c23-17-10-9-15(22(24,25)26)13-19(17)30-20-16(7-3-11-27-20)21(29)28-12-4-6-14-5-1-2-8-18(14)28/h1-3,5,7-11,13H,4,6,12H2. The van der Waals surface area contributed by atoms with Gasteiger partial charge in [-0.05, 0) is 54.8 Å². The minimum atomic E-state index is -4.66. The van der Waals surface area contributed by atoms with E-state index in [9.17, 15) is 22.4 Å². The second-order valence-electron chi connectivity index (χ2n) is 6.79. The fourth-order valence-corrected chi connectivity index (χ4v) is 3.39. The summed E-state index contributed by atoms with van der Waals surface area (Å²) < 4.78 is 58.4. The molecule has 0 bridgehead atoms. The van der Waals surface area contributed by atoms with E-state index < -0.39 is 29.2 Å². The first-order chi connectivity index (χ1) is 14.3. The SMILES string of the molecule is O=C(c1cccnc1Oc1cc(C(F)(F)F)ccc1F)N1CCCc2ccccc21. The van der Waals surface area contributed by atoms with Gasteiger partial charge in [0.2, 0.25) is 5.88 Å². The number of alkyl halides is 3. The summed E-state index contributed by atoms with van der Waals surface area (Å²) in [5, 5.41) is 0. The van der Waals surface area contributed by atoms with Crippen LogP contribution in [0, 0.1) is 5.82 Å². The van der Waals surface area contributed by atoms with Gasteiger partial charge < -0.3 is 9.64 Å². The van der Waals surface area contributed by atoms with Crippen molar-refractivity contribution >= 4 is 11.6 Å². The van der Waals surface area contributed by atoms with Crippen molar-refractivity contribution in [1.82, 2.24) is 4.98 Å². The fraction of sp³-hybridized carbons (Fsp3) is 0.182. The zero-order valence-electron chi connectivity index (χ0n) is 15.6. The number of ether oxygens (including phenoxy) is 1. The zero-order chi connectivity index (χ0) is 21.3. The average Bonchev–Trinajstić information content (AvgIpc) is 2.74. The lowest BCUT2D eigenvalue weighted by atomic mass is 10.0. The number of para-hydroxylation sites is 1. The Morgan fingerprint density at radius 3 is 2.67 bits per heavy atom. The van der Waals surface area contributed by atoms with Gasteiger partial charge in [-0.15, -0.1) is 0 Å². The molecule has 0 atom stereocenters. The predicted molar refractivity (Wildman–Crippen MR) is 102 cm³/mol. The van der Waals surface area contributed by atoms with Gasteiger partial charge in [0.1, 0.15) is 5.56 Å². The van der Waals surface area contributed by atoms with Crippen molar-refractivity contribution in [3.05, 3.63) is 83.3 Å². The molecule has 30 heavy (non-hydrogen) atoms. The average molecular weight is 416 g/mol. The Balaban J connectivity index is 1.69. The van der Waals surface area contributed by atoms with E-state index in [2.05, 4.69) is 4.98 Å². The van der Waals surface area contributed by atoms with Crippen LogP contribution >= 0.6 is 0 Å². The van der Waals surface area contributed by atoms with Crippen LogP contribution in [0.5, 0.6) is 11.6 Å². The van der Waals surface area contributed by atoms with E-state index in [1.807, 2.05) is 24.3 Å². The third-order valence-corrected chi connectivity index (χ3v) is 4.82. The number of amides is 1.